The highest BCUT2D eigenvalue weighted by molar-refractivity contribution is 6.19. The number of aryl methyl sites for hydroxylation is 1. The Bertz CT molecular complexity index is 505. The van der Waals surface area contributed by atoms with E-state index in [0.29, 0.717) is 11.3 Å². The van der Waals surface area contributed by atoms with Crippen molar-refractivity contribution in [3.63, 3.8) is 0 Å². The molecule has 0 unspecified atom stereocenters. The summed E-state index contributed by atoms with van der Waals surface area (Å²) in [4.78, 5) is 35.0. The van der Waals surface area contributed by atoms with Crippen molar-refractivity contribution in [1.82, 2.24) is 0 Å². The lowest BCUT2D eigenvalue weighted by Crippen LogP contribution is -2.28. The molecule has 0 radical (unpaired) electrons. The molecule has 0 spiro atoms. The first-order valence-electron chi connectivity index (χ1n) is 5.20. The van der Waals surface area contributed by atoms with Gasteiger partial charge in [-0.25, -0.2) is 4.79 Å². The molecule has 0 saturated carbocycles. The van der Waals surface area contributed by atoms with Gasteiger partial charge >= 0.3 is 5.97 Å². The number of hydrogen-bond donors (Lipinski definition) is 1. The van der Waals surface area contributed by atoms with Gasteiger partial charge in [0.2, 0.25) is 11.8 Å². The smallest absolute Gasteiger partial charge is 0.335 e. The van der Waals surface area contributed by atoms with Gasteiger partial charge in [0, 0.05) is 12.8 Å². The highest BCUT2D eigenvalue weighted by Gasteiger charge is 2.30. The van der Waals surface area contributed by atoms with Gasteiger partial charge in [0.05, 0.1) is 11.3 Å². The van der Waals surface area contributed by atoms with Gasteiger partial charge in [0.15, 0.2) is 0 Å². The molecule has 0 aromatic heterocycles. The topological polar surface area (TPSA) is 74.7 Å². The normalized spacial score (nSPS) is 15.5. The average molecular weight is 233 g/mol. The van der Waals surface area contributed by atoms with Crippen LogP contribution in [0.4, 0.5) is 5.69 Å². The molecule has 17 heavy (non-hydrogen) atoms. The van der Waals surface area contributed by atoms with E-state index in [9.17, 15) is 14.4 Å². The zero-order chi connectivity index (χ0) is 12.6. The van der Waals surface area contributed by atoms with Crippen LogP contribution in [0.1, 0.15) is 28.8 Å². The minimum Gasteiger partial charge on any atom is -0.478 e. The molecule has 1 aliphatic heterocycles. The minimum atomic E-state index is -1.02. The van der Waals surface area contributed by atoms with Crippen molar-refractivity contribution in [2.45, 2.75) is 19.8 Å². The van der Waals surface area contributed by atoms with E-state index in [1.54, 1.807) is 13.0 Å². The van der Waals surface area contributed by atoms with E-state index in [1.807, 2.05) is 0 Å². The average Bonchev–Trinajstić information content (AvgIpc) is 2.58. The molecule has 0 atom stereocenters. The molecular formula is C12H11NO4. The highest BCUT2D eigenvalue weighted by Crippen LogP contribution is 2.24. The summed E-state index contributed by atoms with van der Waals surface area (Å²) in [7, 11) is 0. The molecule has 1 aliphatic rings. The molecule has 1 aromatic carbocycles. The third-order valence-electron chi connectivity index (χ3n) is 2.75. The van der Waals surface area contributed by atoms with E-state index >= 15 is 0 Å². The Hall–Kier alpha value is -2.17. The van der Waals surface area contributed by atoms with Crippen molar-refractivity contribution in [1.29, 1.82) is 0 Å². The van der Waals surface area contributed by atoms with Crippen LogP contribution in [-0.2, 0) is 9.59 Å². The van der Waals surface area contributed by atoms with Crippen molar-refractivity contribution in [3.8, 4) is 0 Å². The van der Waals surface area contributed by atoms with E-state index in [4.69, 9.17) is 5.11 Å². The first-order valence-corrected chi connectivity index (χ1v) is 5.20. The number of anilines is 1. The molecule has 2 rings (SSSR count). The molecule has 1 heterocycles. The maximum atomic E-state index is 11.5. The number of hydrogen-bond acceptors (Lipinski definition) is 3. The molecule has 5 heteroatoms. The number of benzene rings is 1. The van der Waals surface area contributed by atoms with E-state index in [0.717, 1.165) is 4.90 Å². The fraction of sp³-hybridized carbons (Fsp3) is 0.250. The van der Waals surface area contributed by atoms with E-state index in [-0.39, 0.29) is 30.2 Å². The van der Waals surface area contributed by atoms with Gasteiger partial charge in [-0.3, -0.25) is 14.5 Å². The lowest BCUT2D eigenvalue weighted by Gasteiger charge is -2.15. The number of rotatable bonds is 2. The number of carbonyl (C=O) groups excluding carboxylic acids is 2. The summed E-state index contributed by atoms with van der Waals surface area (Å²) >= 11 is 0. The predicted octanol–water partition coefficient (Wildman–Crippen LogP) is 1.35. The summed E-state index contributed by atoms with van der Waals surface area (Å²) in [5.74, 6) is -1.50. The van der Waals surface area contributed by atoms with E-state index < -0.39 is 5.97 Å². The van der Waals surface area contributed by atoms with Crippen LogP contribution in [0, 0.1) is 6.92 Å². The van der Waals surface area contributed by atoms with Crippen LogP contribution >= 0.6 is 0 Å². The Morgan fingerprint density at radius 2 is 1.82 bits per heavy atom. The van der Waals surface area contributed by atoms with Crippen molar-refractivity contribution in [3.05, 3.63) is 29.3 Å². The van der Waals surface area contributed by atoms with Gasteiger partial charge in [-0.1, -0.05) is 0 Å². The summed E-state index contributed by atoms with van der Waals surface area (Å²) in [6, 6.07) is 4.44. The molecule has 1 N–H and O–H groups in total. The zero-order valence-corrected chi connectivity index (χ0v) is 9.27. The summed E-state index contributed by atoms with van der Waals surface area (Å²) in [5.41, 5.74) is 1.15. The number of nitrogens with zero attached hydrogens (tertiary/aromatic N) is 1. The first-order chi connectivity index (χ1) is 8.00. The minimum absolute atomic E-state index is 0.174. The van der Waals surface area contributed by atoms with Gasteiger partial charge in [0.25, 0.3) is 0 Å². The molecule has 2 amide bonds. The Labute approximate surface area is 97.7 Å². The van der Waals surface area contributed by atoms with Gasteiger partial charge in [-0.2, -0.15) is 0 Å². The lowest BCUT2D eigenvalue weighted by molar-refractivity contribution is -0.121. The molecule has 5 nitrogen and oxygen atoms in total. The van der Waals surface area contributed by atoms with Gasteiger partial charge in [-0.05, 0) is 30.7 Å². The SMILES string of the molecule is Cc1cc(N2C(=O)CCC2=O)ccc1C(=O)O. The summed E-state index contributed by atoms with van der Waals surface area (Å²) in [6.45, 7) is 1.64. The quantitative estimate of drug-likeness (QED) is 0.782. The number of amides is 2. The highest BCUT2D eigenvalue weighted by atomic mass is 16.4. The van der Waals surface area contributed by atoms with Gasteiger partial charge in [0.1, 0.15) is 0 Å². The van der Waals surface area contributed by atoms with Crippen LogP contribution in [0.25, 0.3) is 0 Å². The van der Waals surface area contributed by atoms with Crippen molar-refractivity contribution < 1.29 is 19.5 Å². The second-order valence-electron chi connectivity index (χ2n) is 3.93. The van der Waals surface area contributed by atoms with Crippen LogP contribution in [-0.4, -0.2) is 22.9 Å². The van der Waals surface area contributed by atoms with E-state index in [2.05, 4.69) is 0 Å². The van der Waals surface area contributed by atoms with Crippen LogP contribution in [0.2, 0.25) is 0 Å². The number of carboxylic acids is 1. The summed E-state index contributed by atoms with van der Waals surface area (Å²) in [6.07, 6.45) is 0.442. The number of aromatic carboxylic acids is 1. The molecule has 0 bridgehead atoms. The standard InChI is InChI=1S/C12H11NO4/c1-7-6-8(2-3-9(7)12(16)17)13-10(14)4-5-11(13)15/h2-3,6H,4-5H2,1H3,(H,16,17). The van der Waals surface area contributed by atoms with Crippen LogP contribution in [0.3, 0.4) is 0 Å². The molecule has 1 saturated heterocycles. The third kappa shape index (κ3) is 1.91. The monoisotopic (exact) mass is 233 g/mol. The molecular weight excluding hydrogens is 222 g/mol. The predicted molar refractivity (Wildman–Crippen MR) is 59.9 cm³/mol. The molecule has 1 fully saturated rings. The van der Waals surface area contributed by atoms with Crippen LogP contribution < -0.4 is 4.90 Å². The van der Waals surface area contributed by atoms with Gasteiger partial charge in [-0.15, -0.1) is 0 Å². The first kappa shape index (κ1) is 11.3. The second kappa shape index (κ2) is 4.01. The van der Waals surface area contributed by atoms with Crippen molar-refractivity contribution in [2.75, 3.05) is 4.90 Å². The van der Waals surface area contributed by atoms with Crippen LogP contribution in [0.15, 0.2) is 18.2 Å². The van der Waals surface area contributed by atoms with Crippen molar-refractivity contribution >= 4 is 23.5 Å². The molecule has 1 aromatic rings. The number of imide groups is 1. The maximum absolute atomic E-state index is 11.5. The third-order valence-corrected chi connectivity index (χ3v) is 2.75. The Morgan fingerprint density at radius 1 is 1.24 bits per heavy atom. The maximum Gasteiger partial charge on any atom is 0.335 e. The fourth-order valence-corrected chi connectivity index (χ4v) is 1.89. The number of carbonyl (C=O) groups is 3. The van der Waals surface area contributed by atoms with Crippen molar-refractivity contribution in [2.24, 2.45) is 0 Å². The Kier molecular flexibility index (Phi) is 2.67. The Balaban J connectivity index is 2.41. The molecule has 88 valence electrons. The van der Waals surface area contributed by atoms with E-state index in [1.165, 1.54) is 12.1 Å². The van der Waals surface area contributed by atoms with Crippen LogP contribution in [0.5, 0.6) is 0 Å². The Morgan fingerprint density at radius 3 is 2.29 bits per heavy atom. The second-order valence-corrected chi connectivity index (χ2v) is 3.93. The fourth-order valence-electron chi connectivity index (χ4n) is 1.89. The number of carboxylic acid groups (broad SMARTS) is 1. The lowest BCUT2D eigenvalue weighted by atomic mass is 10.1. The largest absolute Gasteiger partial charge is 0.478 e. The zero-order valence-electron chi connectivity index (χ0n) is 9.27. The van der Waals surface area contributed by atoms with Gasteiger partial charge < -0.3 is 5.11 Å². The summed E-state index contributed by atoms with van der Waals surface area (Å²) < 4.78 is 0. The summed E-state index contributed by atoms with van der Waals surface area (Å²) in [5, 5.41) is 8.88. The molecule has 0 aliphatic carbocycles.